The second-order valence-corrected chi connectivity index (χ2v) is 4.78. The van der Waals surface area contributed by atoms with Crippen LogP contribution in [0.1, 0.15) is 30.3 Å². The van der Waals surface area contributed by atoms with Crippen molar-refractivity contribution in [2.24, 2.45) is 0 Å². The molecule has 1 aromatic rings. The van der Waals surface area contributed by atoms with Gasteiger partial charge in [0.2, 0.25) is 0 Å². The van der Waals surface area contributed by atoms with Crippen LogP contribution in [0.2, 0.25) is 0 Å². The summed E-state index contributed by atoms with van der Waals surface area (Å²) in [4.78, 5) is 10.2. The van der Waals surface area contributed by atoms with E-state index in [2.05, 4.69) is 34.5 Å². The van der Waals surface area contributed by atoms with Crippen LogP contribution in [-0.4, -0.2) is 40.8 Å². The highest BCUT2D eigenvalue weighted by Crippen LogP contribution is 2.25. The zero-order valence-electron chi connectivity index (χ0n) is 9.24. The van der Waals surface area contributed by atoms with Gasteiger partial charge in [-0.25, -0.2) is 4.98 Å². The molecule has 1 saturated heterocycles. The Hall–Kier alpha value is -0.480. The molecule has 4 heteroatoms. The Bertz CT molecular complexity index is 303. The van der Waals surface area contributed by atoms with E-state index in [1.165, 1.54) is 31.6 Å². The number of H-pyrrole nitrogens is 1. The Kier molecular flexibility index (Phi) is 3.70. The molecule has 1 fully saturated rings. The summed E-state index contributed by atoms with van der Waals surface area (Å²) in [6.07, 6.45) is 5.45. The van der Waals surface area contributed by atoms with Crippen LogP contribution in [0.15, 0.2) is 6.20 Å². The third-order valence-corrected chi connectivity index (χ3v) is 3.38. The SMILES string of the molecule is CN1CCC(c2cnc(CCS)[nH]2)CC1. The minimum atomic E-state index is 0.683. The summed E-state index contributed by atoms with van der Waals surface area (Å²) in [7, 11) is 2.19. The van der Waals surface area contributed by atoms with Gasteiger partial charge in [-0.15, -0.1) is 0 Å². The van der Waals surface area contributed by atoms with Crippen molar-refractivity contribution in [3.05, 3.63) is 17.7 Å². The maximum atomic E-state index is 4.38. The van der Waals surface area contributed by atoms with Gasteiger partial charge in [0.25, 0.3) is 0 Å². The van der Waals surface area contributed by atoms with E-state index in [1.54, 1.807) is 0 Å². The number of nitrogens with zero attached hydrogens (tertiary/aromatic N) is 2. The first-order valence-electron chi connectivity index (χ1n) is 5.63. The van der Waals surface area contributed by atoms with Gasteiger partial charge in [-0.2, -0.15) is 12.6 Å². The fraction of sp³-hybridized carbons (Fsp3) is 0.727. The Labute approximate surface area is 96.7 Å². The molecular weight excluding hydrogens is 206 g/mol. The summed E-state index contributed by atoms with van der Waals surface area (Å²) in [6.45, 7) is 2.40. The number of aryl methyl sites for hydroxylation is 1. The lowest BCUT2D eigenvalue weighted by molar-refractivity contribution is 0.253. The predicted molar refractivity (Wildman–Crippen MR) is 65.6 cm³/mol. The number of piperidine rings is 1. The number of imidazole rings is 1. The molecule has 1 aromatic heterocycles. The summed E-state index contributed by atoms with van der Waals surface area (Å²) in [5.41, 5.74) is 1.32. The molecule has 0 aliphatic carbocycles. The van der Waals surface area contributed by atoms with E-state index < -0.39 is 0 Å². The molecule has 0 bridgehead atoms. The lowest BCUT2D eigenvalue weighted by atomic mass is 9.94. The van der Waals surface area contributed by atoms with Crippen LogP contribution in [0.3, 0.4) is 0 Å². The van der Waals surface area contributed by atoms with Crippen LogP contribution in [-0.2, 0) is 6.42 Å². The monoisotopic (exact) mass is 225 g/mol. The highest BCUT2D eigenvalue weighted by Gasteiger charge is 2.19. The first kappa shape index (κ1) is 11.0. The second-order valence-electron chi connectivity index (χ2n) is 4.34. The summed E-state index contributed by atoms with van der Waals surface area (Å²) in [5, 5.41) is 0. The predicted octanol–water partition coefficient (Wildman–Crippen LogP) is 1.69. The van der Waals surface area contributed by atoms with E-state index in [1.807, 2.05) is 6.20 Å². The van der Waals surface area contributed by atoms with Crippen LogP contribution in [0.4, 0.5) is 0 Å². The molecule has 0 radical (unpaired) electrons. The van der Waals surface area contributed by atoms with Gasteiger partial charge in [0.15, 0.2) is 0 Å². The van der Waals surface area contributed by atoms with Crippen LogP contribution in [0.5, 0.6) is 0 Å². The fourth-order valence-corrected chi connectivity index (χ4v) is 2.35. The molecule has 1 N–H and O–H groups in total. The molecule has 84 valence electrons. The van der Waals surface area contributed by atoms with Gasteiger partial charge < -0.3 is 9.88 Å². The largest absolute Gasteiger partial charge is 0.346 e. The first-order valence-corrected chi connectivity index (χ1v) is 6.26. The van der Waals surface area contributed by atoms with Crippen molar-refractivity contribution in [3.8, 4) is 0 Å². The summed E-state index contributed by atoms with van der Waals surface area (Å²) in [5.74, 6) is 2.63. The van der Waals surface area contributed by atoms with Gasteiger partial charge in [-0.05, 0) is 38.7 Å². The van der Waals surface area contributed by atoms with Crippen molar-refractivity contribution >= 4 is 12.6 Å². The van der Waals surface area contributed by atoms with Gasteiger partial charge in [0.1, 0.15) is 5.82 Å². The van der Waals surface area contributed by atoms with Gasteiger partial charge in [0, 0.05) is 24.2 Å². The number of hydrogen-bond acceptors (Lipinski definition) is 3. The first-order chi connectivity index (χ1) is 7.29. The lowest BCUT2D eigenvalue weighted by Gasteiger charge is -2.28. The topological polar surface area (TPSA) is 31.9 Å². The Morgan fingerprint density at radius 2 is 2.27 bits per heavy atom. The van der Waals surface area contributed by atoms with Gasteiger partial charge >= 0.3 is 0 Å². The quantitative estimate of drug-likeness (QED) is 0.767. The number of rotatable bonds is 3. The Morgan fingerprint density at radius 1 is 1.53 bits per heavy atom. The van der Waals surface area contributed by atoms with Gasteiger partial charge in [0.05, 0.1) is 0 Å². The van der Waals surface area contributed by atoms with E-state index in [-0.39, 0.29) is 0 Å². The van der Waals surface area contributed by atoms with Crippen LogP contribution in [0.25, 0.3) is 0 Å². The molecule has 3 nitrogen and oxygen atoms in total. The van der Waals surface area contributed by atoms with Crippen molar-refractivity contribution in [2.75, 3.05) is 25.9 Å². The molecule has 0 aromatic carbocycles. The molecule has 2 rings (SSSR count). The third kappa shape index (κ3) is 2.75. The second kappa shape index (κ2) is 5.03. The average Bonchev–Trinajstić information content (AvgIpc) is 2.68. The van der Waals surface area contributed by atoms with E-state index >= 15 is 0 Å². The Morgan fingerprint density at radius 3 is 2.93 bits per heavy atom. The van der Waals surface area contributed by atoms with Crippen LogP contribution >= 0.6 is 12.6 Å². The van der Waals surface area contributed by atoms with Crippen LogP contribution < -0.4 is 0 Å². The fourth-order valence-electron chi connectivity index (χ4n) is 2.14. The highest BCUT2D eigenvalue weighted by atomic mass is 32.1. The molecule has 1 aliphatic heterocycles. The summed E-state index contributed by atoms with van der Waals surface area (Å²) < 4.78 is 0. The van der Waals surface area contributed by atoms with Gasteiger partial charge in [-0.1, -0.05) is 0 Å². The number of aromatic amines is 1. The van der Waals surface area contributed by atoms with Crippen molar-refractivity contribution < 1.29 is 0 Å². The Balaban J connectivity index is 1.96. The number of likely N-dealkylation sites (tertiary alicyclic amines) is 1. The molecule has 1 aliphatic rings. The standard InChI is InChI=1S/C11H19N3S/c1-14-5-2-9(3-6-14)10-8-12-11(13-10)4-7-15/h8-9,15H,2-7H2,1H3,(H,12,13). The maximum Gasteiger partial charge on any atom is 0.107 e. The molecule has 0 unspecified atom stereocenters. The van der Waals surface area contributed by atoms with Gasteiger partial charge in [-0.3, -0.25) is 0 Å². The molecule has 2 heterocycles. The molecule has 0 saturated carbocycles. The van der Waals surface area contributed by atoms with E-state index in [4.69, 9.17) is 0 Å². The van der Waals surface area contributed by atoms with Crippen molar-refractivity contribution in [1.82, 2.24) is 14.9 Å². The van der Waals surface area contributed by atoms with Crippen LogP contribution in [0, 0.1) is 0 Å². The lowest BCUT2D eigenvalue weighted by Crippen LogP contribution is -2.29. The van der Waals surface area contributed by atoms with Crippen molar-refractivity contribution in [2.45, 2.75) is 25.2 Å². The normalized spacial score (nSPS) is 19.6. The summed E-state index contributed by atoms with van der Waals surface area (Å²) >= 11 is 4.21. The van der Waals surface area contributed by atoms with E-state index in [0.717, 1.165) is 18.0 Å². The zero-order chi connectivity index (χ0) is 10.7. The average molecular weight is 225 g/mol. The van der Waals surface area contributed by atoms with E-state index in [0.29, 0.717) is 5.92 Å². The molecule has 0 spiro atoms. The van der Waals surface area contributed by atoms with Crippen molar-refractivity contribution in [1.29, 1.82) is 0 Å². The smallest absolute Gasteiger partial charge is 0.107 e. The highest BCUT2D eigenvalue weighted by molar-refractivity contribution is 7.80. The minimum Gasteiger partial charge on any atom is -0.346 e. The third-order valence-electron chi connectivity index (χ3n) is 3.16. The number of thiol groups is 1. The maximum absolute atomic E-state index is 4.38. The molecule has 0 atom stereocenters. The molecule has 0 amide bonds. The molecule has 15 heavy (non-hydrogen) atoms. The zero-order valence-corrected chi connectivity index (χ0v) is 10.1. The van der Waals surface area contributed by atoms with Crippen molar-refractivity contribution in [3.63, 3.8) is 0 Å². The summed E-state index contributed by atoms with van der Waals surface area (Å²) in [6, 6.07) is 0. The molecular formula is C11H19N3S. The number of nitrogens with one attached hydrogen (secondary N) is 1. The van der Waals surface area contributed by atoms with E-state index in [9.17, 15) is 0 Å². The number of hydrogen-bond donors (Lipinski definition) is 2. The minimum absolute atomic E-state index is 0.683. The number of aromatic nitrogens is 2.